The van der Waals surface area contributed by atoms with Crippen molar-refractivity contribution >= 4 is 17.7 Å². The highest BCUT2D eigenvalue weighted by molar-refractivity contribution is 6.11. The van der Waals surface area contributed by atoms with E-state index in [1.807, 2.05) is 17.4 Å². The molecule has 0 bridgehead atoms. The lowest BCUT2D eigenvalue weighted by molar-refractivity contribution is -0.156. The number of hydrogen-bond acceptors (Lipinski definition) is 11. The Morgan fingerprint density at radius 2 is 1.55 bits per heavy atom. The van der Waals surface area contributed by atoms with Crippen LogP contribution in [0.15, 0.2) is 42.5 Å². The molecule has 3 amide bonds. The van der Waals surface area contributed by atoms with Crippen LogP contribution < -0.4 is 38.7 Å². The van der Waals surface area contributed by atoms with Crippen LogP contribution in [0.4, 0.5) is 0 Å². The van der Waals surface area contributed by atoms with E-state index in [2.05, 4.69) is 17.0 Å². The Balaban J connectivity index is 1.32. The minimum atomic E-state index is -2.49. The lowest BCUT2D eigenvalue weighted by atomic mass is 9.77. The van der Waals surface area contributed by atoms with Gasteiger partial charge in [0, 0.05) is 30.8 Å². The summed E-state index contributed by atoms with van der Waals surface area (Å²) < 4.78 is 11.5. The molecule has 0 saturated carbocycles. The van der Waals surface area contributed by atoms with Crippen LogP contribution in [0.2, 0.25) is 0 Å². The summed E-state index contributed by atoms with van der Waals surface area (Å²) in [5.41, 5.74) is 25.9. The molecule has 11 N–H and O–H groups in total. The van der Waals surface area contributed by atoms with Gasteiger partial charge in [0.25, 0.3) is 17.7 Å². The minimum Gasteiger partial charge on any atom is -0.489 e. The summed E-state index contributed by atoms with van der Waals surface area (Å²) in [6.07, 6.45) is 0. The van der Waals surface area contributed by atoms with Gasteiger partial charge in [0.1, 0.15) is 12.4 Å². The molecule has 2 aromatic rings. The molecule has 13 heteroatoms. The molecule has 5 rings (SSSR count). The van der Waals surface area contributed by atoms with Gasteiger partial charge in [-0.25, -0.2) is 0 Å². The molecule has 3 heterocycles. The highest BCUT2D eigenvalue weighted by Crippen LogP contribution is 2.38. The summed E-state index contributed by atoms with van der Waals surface area (Å²) in [6.45, 7) is 4.26. The molecule has 1 atom stereocenters. The van der Waals surface area contributed by atoms with Crippen molar-refractivity contribution in [3.8, 4) is 5.75 Å². The van der Waals surface area contributed by atoms with Crippen molar-refractivity contribution in [1.29, 1.82) is 0 Å². The van der Waals surface area contributed by atoms with E-state index in [-0.39, 0.29) is 18.7 Å². The smallest absolute Gasteiger partial charge is 0.271 e. The van der Waals surface area contributed by atoms with E-state index in [0.717, 1.165) is 43.3 Å². The van der Waals surface area contributed by atoms with Crippen molar-refractivity contribution in [3.05, 3.63) is 64.7 Å². The van der Waals surface area contributed by atoms with Gasteiger partial charge in [0.05, 0.1) is 19.8 Å². The summed E-state index contributed by atoms with van der Waals surface area (Å²) in [6, 6.07) is 13.1. The van der Waals surface area contributed by atoms with Gasteiger partial charge < -0.3 is 37.3 Å². The second-order valence-electron chi connectivity index (χ2n) is 9.95. The van der Waals surface area contributed by atoms with E-state index in [0.29, 0.717) is 11.3 Å². The zero-order valence-corrected chi connectivity index (χ0v) is 20.8. The molecule has 13 nitrogen and oxygen atoms in total. The summed E-state index contributed by atoms with van der Waals surface area (Å²) in [5.74, 6) is -2.38. The monoisotopic (exact) mass is 524 g/mol. The molecule has 0 spiro atoms. The third-order valence-corrected chi connectivity index (χ3v) is 7.54. The van der Waals surface area contributed by atoms with Crippen molar-refractivity contribution < 1.29 is 23.9 Å². The fraction of sp³-hybridized carbons (Fsp3) is 0.400. The Kier molecular flexibility index (Phi) is 6.47. The minimum absolute atomic E-state index is 0.160. The van der Waals surface area contributed by atoms with Gasteiger partial charge in [-0.05, 0) is 23.3 Å². The number of imide groups is 1. The standard InChI is InChI=1S/C25H32N8O5/c26-23(27)21(35)31-22(36)24(28,25(23,29)30)33-13-18-17(20(33)34)2-1-3-19(18)38-14-16-6-4-15(5-7-16)12-32-8-10-37-11-9-32/h1-7H,8-14,26-30H2,(H,31,35,36). The molecule has 202 valence electrons. The third-order valence-electron chi connectivity index (χ3n) is 7.54. The number of carbonyl (C=O) groups excluding carboxylic acids is 3. The maximum atomic E-state index is 13.4. The SMILES string of the molecule is NC1(N)C(=O)NC(=O)C(N)(N2Cc3c(OCc4ccc(CN5CCOCC5)cc4)cccc3C2=O)C1(N)N. The van der Waals surface area contributed by atoms with Gasteiger partial charge in [-0.3, -0.25) is 30.3 Å². The molecule has 1 unspecified atom stereocenters. The highest BCUT2D eigenvalue weighted by atomic mass is 16.5. The van der Waals surface area contributed by atoms with Crippen LogP contribution in [-0.2, 0) is 34.0 Å². The molecule has 38 heavy (non-hydrogen) atoms. The summed E-state index contributed by atoms with van der Waals surface area (Å²) in [7, 11) is 0. The number of morpholine rings is 1. The Labute approximate surface area is 219 Å². The number of nitrogens with two attached hydrogens (primary N) is 5. The first-order valence-electron chi connectivity index (χ1n) is 12.2. The first-order chi connectivity index (χ1) is 18.0. The number of carbonyl (C=O) groups is 3. The first-order valence-corrected chi connectivity index (χ1v) is 12.2. The molecule has 3 aliphatic rings. The van der Waals surface area contributed by atoms with Crippen LogP contribution in [0.5, 0.6) is 5.75 Å². The molecular weight excluding hydrogens is 492 g/mol. The van der Waals surface area contributed by atoms with Gasteiger partial charge in [0.2, 0.25) is 5.66 Å². The van der Waals surface area contributed by atoms with E-state index in [1.54, 1.807) is 18.2 Å². The Bertz CT molecular complexity index is 1280. The van der Waals surface area contributed by atoms with Gasteiger partial charge in [-0.15, -0.1) is 0 Å². The second-order valence-corrected chi connectivity index (χ2v) is 9.95. The average molecular weight is 525 g/mol. The van der Waals surface area contributed by atoms with Crippen molar-refractivity contribution in [2.45, 2.75) is 36.7 Å². The number of fused-ring (bicyclic) bond motifs is 1. The number of nitrogens with zero attached hydrogens (tertiary/aromatic N) is 2. The quantitative estimate of drug-likeness (QED) is 0.173. The molecule has 0 aliphatic carbocycles. The summed E-state index contributed by atoms with van der Waals surface area (Å²) >= 11 is 0. The van der Waals surface area contributed by atoms with Gasteiger partial charge >= 0.3 is 0 Å². The lowest BCUT2D eigenvalue weighted by Gasteiger charge is -2.55. The molecule has 0 aromatic heterocycles. The van der Waals surface area contributed by atoms with E-state index in [9.17, 15) is 14.4 Å². The van der Waals surface area contributed by atoms with Gasteiger partial charge in [0.15, 0.2) is 11.3 Å². The zero-order valence-electron chi connectivity index (χ0n) is 20.8. The normalized spacial score (nSPS) is 24.8. The molecule has 2 aromatic carbocycles. The van der Waals surface area contributed by atoms with Crippen molar-refractivity contribution in [1.82, 2.24) is 15.1 Å². The number of nitrogens with one attached hydrogen (secondary N) is 1. The van der Waals surface area contributed by atoms with E-state index in [1.165, 1.54) is 5.56 Å². The van der Waals surface area contributed by atoms with Crippen LogP contribution in [-0.4, -0.2) is 70.8 Å². The predicted molar refractivity (Wildman–Crippen MR) is 135 cm³/mol. The molecule has 0 radical (unpaired) electrons. The van der Waals surface area contributed by atoms with Gasteiger partial charge in [-0.1, -0.05) is 30.3 Å². The summed E-state index contributed by atoms with van der Waals surface area (Å²) in [4.78, 5) is 41.8. The fourth-order valence-corrected chi connectivity index (χ4v) is 4.98. The number of amides is 3. The predicted octanol–water partition coefficient (Wildman–Crippen LogP) is -2.41. The topological polar surface area (TPSA) is 218 Å². The highest BCUT2D eigenvalue weighted by Gasteiger charge is 2.70. The Morgan fingerprint density at radius 1 is 0.895 bits per heavy atom. The second kappa shape index (κ2) is 9.39. The fourth-order valence-electron chi connectivity index (χ4n) is 4.98. The molecular formula is C25H32N8O5. The number of benzene rings is 2. The Hall–Kier alpha value is -3.43. The number of rotatable bonds is 6. The number of ether oxygens (including phenoxy) is 2. The number of piperidine rings is 1. The van der Waals surface area contributed by atoms with Crippen LogP contribution in [0.25, 0.3) is 0 Å². The van der Waals surface area contributed by atoms with Crippen molar-refractivity contribution in [3.63, 3.8) is 0 Å². The Morgan fingerprint density at radius 3 is 2.24 bits per heavy atom. The average Bonchev–Trinajstić information content (AvgIpc) is 3.24. The van der Waals surface area contributed by atoms with Crippen molar-refractivity contribution in [2.75, 3.05) is 26.3 Å². The maximum Gasteiger partial charge on any atom is 0.271 e. The van der Waals surface area contributed by atoms with Crippen molar-refractivity contribution in [2.24, 2.45) is 28.7 Å². The number of hydrogen-bond donors (Lipinski definition) is 6. The van der Waals surface area contributed by atoms with E-state index in [4.69, 9.17) is 38.1 Å². The van der Waals surface area contributed by atoms with Crippen LogP contribution in [0.3, 0.4) is 0 Å². The third kappa shape index (κ3) is 4.05. The zero-order chi connectivity index (χ0) is 27.3. The first kappa shape index (κ1) is 26.2. The molecule has 2 fully saturated rings. The molecule has 2 saturated heterocycles. The summed E-state index contributed by atoms with van der Waals surface area (Å²) in [5, 5.41) is 1.98. The van der Waals surface area contributed by atoms with Gasteiger partial charge in [-0.2, -0.15) is 0 Å². The lowest BCUT2D eigenvalue weighted by Crippen LogP contribution is -2.98. The molecule has 3 aliphatic heterocycles. The van der Waals surface area contributed by atoms with Crippen LogP contribution in [0.1, 0.15) is 27.0 Å². The van der Waals surface area contributed by atoms with E-state index >= 15 is 0 Å². The van der Waals surface area contributed by atoms with Crippen LogP contribution in [0, 0.1) is 0 Å². The van der Waals surface area contributed by atoms with E-state index < -0.39 is 34.7 Å². The maximum absolute atomic E-state index is 13.4. The van der Waals surface area contributed by atoms with Crippen LogP contribution >= 0.6 is 0 Å². The largest absolute Gasteiger partial charge is 0.489 e.